The molecule has 0 spiro atoms. The van der Waals surface area contributed by atoms with Crippen LogP contribution in [-0.4, -0.2) is 58.2 Å². The molecule has 3 heterocycles. The summed E-state index contributed by atoms with van der Waals surface area (Å²) in [5, 5.41) is 2.36. The maximum absolute atomic E-state index is 12.5. The second-order valence-corrected chi connectivity index (χ2v) is 9.03. The molecule has 32 heavy (non-hydrogen) atoms. The molecule has 0 aliphatic carbocycles. The van der Waals surface area contributed by atoms with Crippen molar-refractivity contribution >= 4 is 58.2 Å². The van der Waals surface area contributed by atoms with Crippen LogP contribution in [0, 0.1) is 0 Å². The number of amides is 4. The molecule has 4 amide bonds. The van der Waals surface area contributed by atoms with Crippen molar-refractivity contribution in [2.45, 2.75) is 11.3 Å². The first-order valence-corrected chi connectivity index (χ1v) is 11.8. The minimum absolute atomic E-state index is 0.0280. The highest BCUT2D eigenvalue weighted by atomic mass is 32.2. The number of aromatic nitrogens is 1. The second-order valence-electron chi connectivity index (χ2n) is 7.02. The molecule has 0 atom stereocenters. The lowest BCUT2D eigenvalue weighted by Crippen LogP contribution is -2.40. The summed E-state index contributed by atoms with van der Waals surface area (Å²) in [6, 6.07) is 11.2. The van der Waals surface area contributed by atoms with E-state index in [1.54, 1.807) is 35.5 Å². The van der Waals surface area contributed by atoms with Crippen molar-refractivity contribution in [3.05, 3.63) is 59.3 Å². The third kappa shape index (κ3) is 5.03. The monoisotopic (exact) mass is 468 g/mol. The van der Waals surface area contributed by atoms with E-state index in [1.807, 2.05) is 24.3 Å². The number of nitrogens with zero attached hydrogens (tertiary/aromatic N) is 3. The van der Waals surface area contributed by atoms with Crippen LogP contribution in [-0.2, 0) is 14.4 Å². The summed E-state index contributed by atoms with van der Waals surface area (Å²) in [6.45, 7) is 0.512. The van der Waals surface area contributed by atoms with Gasteiger partial charge in [0.05, 0.1) is 16.3 Å². The van der Waals surface area contributed by atoms with Crippen LogP contribution in [0.5, 0.6) is 0 Å². The number of hydrogen-bond acceptors (Lipinski definition) is 7. The van der Waals surface area contributed by atoms with E-state index in [2.05, 4.69) is 10.3 Å². The van der Waals surface area contributed by atoms with Crippen LogP contribution < -0.4 is 10.2 Å². The van der Waals surface area contributed by atoms with Crippen molar-refractivity contribution in [2.75, 3.05) is 30.3 Å². The molecule has 8 nitrogen and oxygen atoms in total. The van der Waals surface area contributed by atoms with Crippen molar-refractivity contribution in [3.63, 3.8) is 0 Å². The van der Waals surface area contributed by atoms with Gasteiger partial charge in [0, 0.05) is 43.3 Å². The predicted molar refractivity (Wildman–Crippen MR) is 124 cm³/mol. The molecule has 1 aromatic carbocycles. The number of benzene rings is 1. The van der Waals surface area contributed by atoms with Crippen molar-refractivity contribution in [1.82, 2.24) is 15.2 Å². The zero-order valence-corrected chi connectivity index (χ0v) is 18.7. The SMILES string of the molecule is O=C(CCN1C(=O)CSc2ccccc21)NCCN1C(=O)S/C(=C\c2cccnc2)C1=O. The third-order valence-corrected chi connectivity index (χ3v) is 6.84. The van der Waals surface area contributed by atoms with Gasteiger partial charge >= 0.3 is 0 Å². The molecule has 1 N–H and O–H groups in total. The molecule has 1 fully saturated rings. The Kier molecular flexibility index (Phi) is 6.91. The summed E-state index contributed by atoms with van der Waals surface area (Å²) in [4.78, 5) is 57.4. The second kappa shape index (κ2) is 10.0. The molecule has 4 rings (SSSR count). The summed E-state index contributed by atoms with van der Waals surface area (Å²) in [6.07, 6.45) is 5.00. The molecule has 10 heteroatoms. The Morgan fingerprint density at radius 2 is 1.94 bits per heavy atom. The lowest BCUT2D eigenvalue weighted by Gasteiger charge is -2.28. The van der Waals surface area contributed by atoms with Gasteiger partial charge < -0.3 is 10.2 Å². The molecule has 164 valence electrons. The fraction of sp³-hybridized carbons (Fsp3) is 0.227. The molecular formula is C22H20N4O4S2. The molecule has 2 aliphatic heterocycles. The van der Waals surface area contributed by atoms with E-state index in [4.69, 9.17) is 0 Å². The number of rotatable bonds is 7. The normalized spacial score (nSPS) is 17.1. The van der Waals surface area contributed by atoms with Crippen LogP contribution in [0.4, 0.5) is 10.5 Å². The first kappa shape index (κ1) is 22.1. The first-order chi connectivity index (χ1) is 15.5. The number of carbonyl (C=O) groups excluding carboxylic acids is 4. The van der Waals surface area contributed by atoms with E-state index in [1.165, 1.54) is 11.8 Å². The highest BCUT2D eigenvalue weighted by molar-refractivity contribution is 8.18. The van der Waals surface area contributed by atoms with Crippen LogP contribution in [0.15, 0.2) is 58.6 Å². The predicted octanol–water partition coefficient (Wildman–Crippen LogP) is 2.76. The van der Waals surface area contributed by atoms with Gasteiger partial charge in [0.15, 0.2) is 0 Å². The summed E-state index contributed by atoms with van der Waals surface area (Å²) in [5.74, 6) is -0.304. The quantitative estimate of drug-likeness (QED) is 0.624. The maximum Gasteiger partial charge on any atom is 0.293 e. The van der Waals surface area contributed by atoms with Crippen LogP contribution >= 0.6 is 23.5 Å². The Labute approximate surface area is 193 Å². The van der Waals surface area contributed by atoms with E-state index in [0.717, 1.165) is 32.8 Å². The highest BCUT2D eigenvalue weighted by Gasteiger charge is 2.34. The number of anilines is 1. The Morgan fingerprint density at radius 1 is 1.09 bits per heavy atom. The van der Waals surface area contributed by atoms with Crippen LogP contribution in [0.1, 0.15) is 12.0 Å². The van der Waals surface area contributed by atoms with E-state index in [0.29, 0.717) is 10.7 Å². The zero-order chi connectivity index (χ0) is 22.5. The van der Waals surface area contributed by atoms with Crippen molar-refractivity contribution in [1.29, 1.82) is 0 Å². The zero-order valence-electron chi connectivity index (χ0n) is 17.0. The van der Waals surface area contributed by atoms with E-state index >= 15 is 0 Å². The number of imide groups is 1. The van der Waals surface area contributed by atoms with Crippen LogP contribution in [0.25, 0.3) is 6.08 Å². The average molecular weight is 469 g/mol. The third-order valence-electron chi connectivity index (χ3n) is 4.88. The molecular weight excluding hydrogens is 448 g/mol. The minimum Gasteiger partial charge on any atom is -0.354 e. The first-order valence-electron chi connectivity index (χ1n) is 9.97. The Morgan fingerprint density at radius 3 is 2.75 bits per heavy atom. The van der Waals surface area contributed by atoms with Gasteiger partial charge in [-0.25, -0.2) is 0 Å². The van der Waals surface area contributed by atoms with Gasteiger partial charge in [-0.15, -0.1) is 11.8 Å². The lowest BCUT2D eigenvalue weighted by atomic mass is 10.2. The Balaban J connectivity index is 1.26. The molecule has 0 saturated carbocycles. The van der Waals surface area contributed by atoms with Gasteiger partial charge in [0.1, 0.15) is 0 Å². The standard InChI is InChI=1S/C22H20N4O4S2/c27-19(7-10-25-16-5-1-2-6-17(16)31-14-20(25)28)24-9-11-26-21(29)18(32-22(26)30)12-15-4-3-8-23-13-15/h1-6,8,12-13H,7,9-11,14H2,(H,24,27)/b18-12-. The summed E-state index contributed by atoms with van der Waals surface area (Å²) in [7, 11) is 0. The number of nitrogens with one attached hydrogen (secondary N) is 1. The van der Waals surface area contributed by atoms with Gasteiger partial charge in [0.25, 0.3) is 11.1 Å². The lowest BCUT2D eigenvalue weighted by molar-refractivity contribution is -0.124. The van der Waals surface area contributed by atoms with E-state index in [-0.39, 0.29) is 49.0 Å². The number of fused-ring (bicyclic) bond motifs is 1. The number of carbonyl (C=O) groups is 4. The summed E-state index contributed by atoms with van der Waals surface area (Å²) >= 11 is 2.36. The molecule has 0 bridgehead atoms. The van der Waals surface area contributed by atoms with Gasteiger partial charge in [-0.2, -0.15) is 0 Å². The number of para-hydroxylation sites is 1. The molecule has 2 aromatic rings. The van der Waals surface area contributed by atoms with Crippen LogP contribution in [0.3, 0.4) is 0 Å². The summed E-state index contributed by atoms with van der Waals surface area (Å²) < 4.78 is 0. The van der Waals surface area contributed by atoms with E-state index in [9.17, 15) is 19.2 Å². The van der Waals surface area contributed by atoms with Crippen molar-refractivity contribution in [3.8, 4) is 0 Å². The molecule has 1 saturated heterocycles. The fourth-order valence-electron chi connectivity index (χ4n) is 3.31. The summed E-state index contributed by atoms with van der Waals surface area (Å²) in [5.41, 5.74) is 1.55. The highest BCUT2D eigenvalue weighted by Crippen LogP contribution is 2.35. The fourth-order valence-corrected chi connectivity index (χ4v) is 5.11. The number of pyridine rings is 1. The largest absolute Gasteiger partial charge is 0.354 e. The number of hydrogen-bond donors (Lipinski definition) is 1. The van der Waals surface area contributed by atoms with Crippen LogP contribution in [0.2, 0.25) is 0 Å². The minimum atomic E-state index is -0.383. The number of thioether (sulfide) groups is 2. The van der Waals surface area contributed by atoms with E-state index < -0.39 is 0 Å². The van der Waals surface area contributed by atoms with Gasteiger partial charge in [0.2, 0.25) is 11.8 Å². The topological polar surface area (TPSA) is 99.7 Å². The van der Waals surface area contributed by atoms with Crippen molar-refractivity contribution < 1.29 is 19.2 Å². The molecule has 1 aromatic heterocycles. The van der Waals surface area contributed by atoms with Gasteiger partial charge in [-0.05, 0) is 41.6 Å². The molecule has 2 aliphatic rings. The molecule has 0 unspecified atom stereocenters. The average Bonchev–Trinajstić information content (AvgIpc) is 3.06. The maximum atomic E-state index is 12.5. The van der Waals surface area contributed by atoms with Crippen molar-refractivity contribution in [2.24, 2.45) is 0 Å². The Hall–Kier alpha value is -3.11. The van der Waals surface area contributed by atoms with Gasteiger partial charge in [-0.3, -0.25) is 29.1 Å². The Bertz CT molecular complexity index is 1090. The smallest absolute Gasteiger partial charge is 0.293 e. The van der Waals surface area contributed by atoms with Gasteiger partial charge in [-0.1, -0.05) is 18.2 Å². The molecule has 0 radical (unpaired) electrons.